The van der Waals surface area contributed by atoms with E-state index in [0.717, 1.165) is 24.0 Å². The monoisotopic (exact) mass is 710 g/mol. The Morgan fingerprint density at radius 1 is 0.896 bits per heavy atom. The van der Waals surface area contributed by atoms with Gasteiger partial charge in [-0.1, -0.05) is 62.7 Å². The summed E-state index contributed by atoms with van der Waals surface area (Å²) >= 11 is 5.95. The molecule has 0 unspecified atom stereocenters. The number of urea groups is 1. The molecule has 256 valence electrons. The Hall–Kier alpha value is -4.01. The fourth-order valence-electron chi connectivity index (χ4n) is 5.22. The molecule has 0 radical (unpaired) electrons. The van der Waals surface area contributed by atoms with E-state index >= 15 is 0 Å². The number of hydrogen-bond donors (Lipinski definition) is 2. The number of rotatable bonds is 10. The van der Waals surface area contributed by atoms with Crippen molar-refractivity contribution in [3.63, 3.8) is 0 Å². The molecule has 1 heterocycles. The first-order valence-electron chi connectivity index (χ1n) is 14.9. The molecule has 2 N–H and O–H groups in total. The van der Waals surface area contributed by atoms with Crippen LogP contribution in [-0.4, -0.2) is 42.7 Å². The first kappa shape index (κ1) is 35.3. The maximum Gasteiger partial charge on any atom is 0.319 e. The molecule has 3 amide bonds. The highest BCUT2D eigenvalue weighted by Crippen LogP contribution is 2.42. The van der Waals surface area contributed by atoms with Crippen LogP contribution in [0, 0.1) is 29.1 Å². The molecule has 15 heteroatoms. The van der Waals surface area contributed by atoms with E-state index in [1.54, 1.807) is 0 Å². The molecule has 0 atom stereocenters. The zero-order valence-electron chi connectivity index (χ0n) is 26.1. The summed E-state index contributed by atoms with van der Waals surface area (Å²) in [5.74, 6) is -13.1. The predicted octanol–water partition coefficient (Wildman–Crippen LogP) is 6.58. The number of hydrogen-bond acceptors (Lipinski definition) is 4. The zero-order chi connectivity index (χ0) is 35.1. The van der Waals surface area contributed by atoms with E-state index in [9.17, 15) is 40.0 Å². The smallest absolute Gasteiger partial charge is 0.319 e. The minimum absolute atomic E-state index is 0.0940. The normalized spacial score (nSPS) is 15.2. The van der Waals surface area contributed by atoms with E-state index in [2.05, 4.69) is 16.7 Å². The third-order valence-corrected chi connectivity index (χ3v) is 10.1. The number of sulfonamides is 1. The lowest BCUT2D eigenvalue weighted by atomic mass is 9.84. The van der Waals surface area contributed by atoms with Gasteiger partial charge in [0.2, 0.25) is 21.7 Å². The van der Waals surface area contributed by atoms with Gasteiger partial charge in [-0.05, 0) is 58.6 Å². The van der Waals surface area contributed by atoms with Crippen LogP contribution in [0.4, 0.5) is 26.7 Å². The molecule has 48 heavy (non-hydrogen) atoms. The second-order valence-electron chi connectivity index (χ2n) is 12.7. The first-order chi connectivity index (χ1) is 22.5. The topological polar surface area (TPSA) is 98.8 Å². The van der Waals surface area contributed by atoms with Crippen LogP contribution in [0.1, 0.15) is 61.8 Å². The lowest BCUT2D eigenvalue weighted by molar-refractivity contribution is -0.130. The molecule has 2 aliphatic rings. The van der Waals surface area contributed by atoms with Crippen molar-refractivity contribution in [3.8, 4) is 0 Å². The summed E-state index contributed by atoms with van der Waals surface area (Å²) in [6, 6.07) is 11.0. The van der Waals surface area contributed by atoms with Crippen molar-refractivity contribution in [2.45, 2.75) is 62.9 Å². The van der Waals surface area contributed by atoms with Crippen LogP contribution in [0.3, 0.4) is 0 Å². The Morgan fingerprint density at radius 2 is 1.50 bits per heavy atom. The molecule has 1 aliphatic heterocycles. The molecule has 5 rings (SSSR count). The van der Waals surface area contributed by atoms with Crippen molar-refractivity contribution < 1.29 is 40.0 Å². The molecule has 3 aromatic carbocycles. The van der Waals surface area contributed by atoms with Gasteiger partial charge in [0.1, 0.15) is 0 Å². The quantitative estimate of drug-likeness (QED) is 0.141. The maximum absolute atomic E-state index is 14.9. The molecule has 0 spiro atoms. The van der Waals surface area contributed by atoms with Gasteiger partial charge in [-0.2, -0.15) is 4.31 Å². The molecule has 8 nitrogen and oxygen atoms in total. The van der Waals surface area contributed by atoms with E-state index in [1.807, 2.05) is 32.9 Å². The summed E-state index contributed by atoms with van der Waals surface area (Å²) in [5.41, 5.74) is 2.94. The van der Waals surface area contributed by atoms with Gasteiger partial charge in [0.25, 0.3) is 0 Å². The summed E-state index contributed by atoms with van der Waals surface area (Å²) < 4.78 is 100.0. The fraction of sp³-hybridized carbons (Fsp3) is 0.333. The maximum atomic E-state index is 14.9. The molecular formula is C33H32ClF5N4O4S. The number of carbonyl (C=O) groups is 2. The van der Waals surface area contributed by atoms with Crippen molar-refractivity contribution in [2.24, 2.45) is 0 Å². The van der Waals surface area contributed by atoms with Gasteiger partial charge in [-0.25, -0.2) is 35.2 Å². The molecule has 0 saturated heterocycles. The van der Waals surface area contributed by atoms with Crippen LogP contribution >= 0.6 is 11.6 Å². The summed E-state index contributed by atoms with van der Waals surface area (Å²) in [5, 5.41) is 5.26. The zero-order valence-corrected chi connectivity index (χ0v) is 27.7. The van der Waals surface area contributed by atoms with Gasteiger partial charge < -0.3 is 15.5 Å². The number of halogens is 6. The number of carbonyl (C=O) groups excluding carboxylic acids is 2. The molecule has 0 aromatic heterocycles. The molecule has 3 aromatic rings. The largest absolute Gasteiger partial charge is 0.332 e. The predicted molar refractivity (Wildman–Crippen MR) is 168 cm³/mol. The van der Waals surface area contributed by atoms with Gasteiger partial charge >= 0.3 is 6.03 Å². The second kappa shape index (κ2) is 13.5. The van der Waals surface area contributed by atoms with Crippen LogP contribution in [0.2, 0.25) is 5.02 Å². The van der Waals surface area contributed by atoms with Gasteiger partial charge in [-0.3, -0.25) is 4.79 Å². The third-order valence-electron chi connectivity index (χ3n) is 8.07. The van der Waals surface area contributed by atoms with Crippen LogP contribution in [0.15, 0.2) is 59.3 Å². The van der Waals surface area contributed by atoms with Crippen LogP contribution in [-0.2, 0) is 33.3 Å². The highest BCUT2D eigenvalue weighted by Gasteiger charge is 2.39. The number of nitrogens with one attached hydrogen (secondary N) is 2. The van der Waals surface area contributed by atoms with E-state index in [0.29, 0.717) is 15.8 Å². The lowest BCUT2D eigenvalue weighted by Gasteiger charge is -2.31. The average Bonchev–Trinajstić information content (AvgIpc) is 3.88. The summed E-state index contributed by atoms with van der Waals surface area (Å²) in [6.45, 7) is 4.11. The van der Waals surface area contributed by atoms with Gasteiger partial charge in [-0.15, -0.1) is 0 Å². The van der Waals surface area contributed by atoms with E-state index < -0.39 is 69.0 Å². The van der Waals surface area contributed by atoms with E-state index in [-0.39, 0.29) is 34.8 Å². The molecule has 1 aliphatic carbocycles. The molecule has 0 bridgehead atoms. The van der Waals surface area contributed by atoms with Crippen molar-refractivity contribution in [3.05, 3.63) is 111 Å². The Kier molecular flexibility index (Phi) is 9.91. The number of nitrogens with zero attached hydrogens (tertiary/aromatic N) is 2. The van der Waals surface area contributed by atoms with Gasteiger partial charge in [0.15, 0.2) is 28.2 Å². The second-order valence-corrected chi connectivity index (χ2v) is 15.0. The number of amides is 3. The minimum Gasteiger partial charge on any atom is -0.332 e. The van der Waals surface area contributed by atoms with Crippen molar-refractivity contribution in [1.82, 2.24) is 19.8 Å². The fourth-order valence-corrected chi connectivity index (χ4v) is 6.83. The minimum atomic E-state index is -5.56. The van der Waals surface area contributed by atoms with E-state index in [4.69, 9.17) is 11.6 Å². The Balaban J connectivity index is 1.58. The highest BCUT2D eigenvalue weighted by molar-refractivity contribution is 7.89. The third kappa shape index (κ3) is 7.50. The van der Waals surface area contributed by atoms with Gasteiger partial charge in [0.05, 0.1) is 25.3 Å². The van der Waals surface area contributed by atoms with Crippen LogP contribution in [0.25, 0.3) is 0 Å². The Morgan fingerprint density at radius 3 is 2.04 bits per heavy atom. The first-order valence-corrected chi connectivity index (χ1v) is 16.7. The number of benzene rings is 3. The summed E-state index contributed by atoms with van der Waals surface area (Å²) in [6.07, 6.45) is 3.28. The molecule has 1 fully saturated rings. The van der Waals surface area contributed by atoms with Crippen molar-refractivity contribution in [1.29, 1.82) is 0 Å². The van der Waals surface area contributed by atoms with Crippen molar-refractivity contribution in [2.75, 3.05) is 13.1 Å². The summed E-state index contributed by atoms with van der Waals surface area (Å²) in [7, 11) is -5.56. The van der Waals surface area contributed by atoms with E-state index in [1.165, 1.54) is 35.4 Å². The highest BCUT2D eigenvalue weighted by atomic mass is 35.5. The average molecular weight is 711 g/mol. The Bertz CT molecular complexity index is 1880. The Labute approximate surface area is 279 Å². The van der Waals surface area contributed by atoms with Crippen molar-refractivity contribution >= 4 is 33.6 Å². The van der Waals surface area contributed by atoms with Crippen LogP contribution in [0.5, 0.6) is 0 Å². The van der Waals surface area contributed by atoms with Gasteiger partial charge in [0, 0.05) is 17.8 Å². The lowest BCUT2D eigenvalue weighted by Crippen LogP contribution is -2.47. The SMILES string of the molecule is CC(C)(C)c1cc(CN(C(=O)CN(Cc2ccc(Cl)cc2)S(=O)(=O)c2c(F)c(F)c(F)c(F)c2F)C2=CNC(=O)NC2)cc(C2CC2)c1. The standard InChI is InChI=1S/C33H32ClF5N4O4S/c1-33(2,3)22-11-19(10-21(12-22)20-6-7-20)16-43(24-13-40-32(45)41-14-24)25(44)17-42(15-18-4-8-23(34)9-5-18)48(46,47)31-29(38)27(36)26(35)28(37)30(31)39/h4-5,8-13,20H,6-7,14-17H2,1-3H3,(H2,40,41,45). The molecule has 1 saturated carbocycles. The van der Waals surface area contributed by atoms with Crippen LogP contribution < -0.4 is 10.6 Å². The molecular weight excluding hydrogens is 679 g/mol. The summed E-state index contributed by atoms with van der Waals surface area (Å²) in [4.78, 5) is 25.1.